The van der Waals surface area contributed by atoms with Gasteiger partial charge >= 0.3 is 5.97 Å². The van der Waals surface area contributed by atoms with Crippen molar-refractivity contribution in [2.45, 2.75) is 50.9 Å². The predicted octanol–water partition coefficient (Wildman–Crippen LogP) is 5.32. The summed E-state index contributed by atoms with van der Waals surface area (Å²) in [6, 6.07) is 8.58. The molecule has 3 aromatic heterocycles. The monoisotopic (exact) mass is 464 g/mol. The topological polar surface area (TPSA) is 93.0 Å². The summed E-state index contributed by atoms with van der Waals surface area (Å²) >= 11 is 0. The van der Waals surface area contributed by atoms with Gasteiger partial charge in [0.1, 0.15) is 5.82 Å². The van der Waals surface area contributed by atoms with E-state index in [1.807, 2.05) is 0 Å². The maximum Gasteiger partial charge on any atom is 0.306 e. The van der Waals surface area contributed by atoms with Gasteiger partial charge in [0.05, 0.1) is 29.8 Å². The number of aromatic amines is 1. The molecule has 0 radical (unpaired) electrons. The number of methoxy groups -OCH3 is 1. The van der Waals surface area contributed by atoms with E-state index in [0.29, 0.717) is 25.1 Å². The molecule has 5 rings (SSSR count). The minimum Gasteiger partial charge on any atom is -0.481 e. The zero-order valence-electron chi connectivity index (χ0n) is 19.6. The number of H-pyrrole nitrogens is 1. The lowest BCUT2D eigenvalue weighted by atomic mass is 9.75. The Hall–Kier alpha value is -3.26. The number of aromatic nitrogens is 4. The molecule has 3 heterocycles. The highest BCUT2D eigenvalue weighted by atomic mass is 19.1. The number of rotatable bonds is 6. The second-order valence-corrected chi connectivity index (χ2v) is 9.94. The fourth-order valence-corrected chi connectivity index (χ4v) is 5.56. The second-order valence-electron chi connectivity index (χ2n) is 9.94. The Labute approximate surface area is 196 Å². The fraction of sp³-hybridized carbons (Fsp3) is 0.423. The highest BCUT2D eigenvalue weighted by molar-refractivity contribution is 5.94. The van der Waals surface area contributed by atoms with E-state index in [0.717, 1.165) is 46.2 Å². The van der Waals surface area contributed by atoms with Crippen molar-refractivity contribution < 1.29 is 19.0 Å². The summed E-state index contributed by atoms with van der Waals surface area (Å²) in [6.07, 6.45) is 4.58. The molecule has 7 nitrogen and oxygen atoms in total. The standard InChI is InChI=1S/C26H29FN4O3/c1-26(2,14-34-3)23-21(15-4-6-16(7-5-15)25(32)33)22-20(12-17-13-28-30-24(17)29-22)31(23)19-10-8-18(27)9-11-19/h8-13,15-16H,4-7,14H2,1-3H3,(H,32,33)(H,28,29,30). The summed E-state index contributed by atoms with van der Waals surface area (Å²) < 4.78 is 21.6. The summed E-state index contributed by atoms with van der Waals surface area (Å²) in [5.41, 5.74) is 5.18. The zero-order chi connectivity index (χ0) is 24.0. The van der Waals surface area contributed by atoms with Gasteiger partial charge in [-0.05, 0) is 61.9 Å². The first kappa shape index (κ1) is 22.5. The van der Waals surface area contributed by atoms with Crippen molar-refractivity contribution in [3.05, 3.63) is 53.6 Å². The van der Waals surface area contributed by atoms with Crippen molar-refractivity contribution in [2.75, 3.05) is 13.7 Å². The Kier molecular flexibility index (Phi) is 5.64. The number of carboxylic acid groups (broad SMARTS) is 1. The predicted molar refractivity (Wildman–Crippen MR) is 128 cm³/mol. The maximum atomic E-state index is 13.8. The van der Waals surface area contributed by atoms with Gasteiger partial charge in [-0.1, -0.05) is 13.8 Å². The van der Waals surface area contributed by atoms with Crippen LogP contribution in [0.25, 0.3) is 27.8 Å². The Bertz CT molecular complexity index is 1350. The van der Waals surface area contributed by atoms with Crippen LogP contribution in [0.15, 0.2) is 36.5 Å². The number of fused-ring (bicyclic) bond motifs is 2. The molecule has 34 heavy (non-hydrogen) atoms. The Morgan fingerprint density at radius 2 is 1.94 bits per heavy atom. The molecule has 1 aliphatic carbocycles. The van der Waals surface area contributed by atoms with Gasteiger partial charge in [-0.2, -0.15) is 5.10 Å². The molecule has 0 unspecified atom stereocenters. The molecular weight excluding hydrogens is 435 g/mol. The summed E-state index contributed by atoms with van der Waals surface area (Å²) in [5, 5.41) is 17.5. The van der Waals surface area contributed by atoms with Crippen LogP contribution in [0.4, 0.5) is 4.39 Å². The number of nitrogens with one attached hydrogen (secondary N) is 1. The lowest BCUT2D eigenvalue weighted by Gasteiger charge is -2.32. The quantitative estimate of drug-likeness (QED) is 0.403. The summed E-state index contributed by atoms with van der Waals surface area (Å²) in [4.78, 5) is 16.6. The van der Waals surface area contributed by atoms with Gasteiger partial charge < -0.3 is 14.4 Å². The molecule has 0 atom stereocenters. The van der Waals surface area contributed by atoms with Crippen LogP contribution in [0.5, 0.6) is 0 Å². The average molecular weight is 465 g/mol. The fourth-order valence-electron chi connectivity index (χ4n) is 5.56. The highest BCUT2D eigenvalue weighted by Crippen LogP contribution is 2.46. The molecular formula is C26H29FN4O3. The number of halogens is 1. The number of carboxylic acids is 1. The SMILES string of the molecule is COCC(C)(C)c1c(C2CCC(C(=O)O)CC2)c2nc3[nH]ncc3cc2n1-c1ccc(F)cc1. The van der Waals surface area contributed by atoms with Crippen molar-refractivity contribution in [3.63, 3.8) is 0 Å². The molecule has 0 spiro atoms. The molecule has 2 N–H and O–H groups in total. The number of pyridine rings is 1. The molecule has 0 aliphatic heterocycles. The molecule has 4 aromatic rings. The minimum absolute atomic E-state index is 0.166. The number of aliphatic carboxylic acids is 1. The molecule has 1 aromatic carbocycles. The van der Waals surface area contributed by atoms with Crippen LogP contribution in [0.1, 0.15) is 56.7 Å². The van der Waals surface area contributed by atoms with Crippen LogP contribution in [0.2, 0.25) is 0 Å². The van der Waals surface area contributed by atoms with Crippen LogP contribution in [0.3, 0.4) is 0 Å². The van der Waals surface area contributed by atoms with E-state index in [-0.39, 0.29) is 23.1 Å². The molecule has 1 fully saturated rings. The third kappa shape index (κ3) is 3.76. The molecule has 0 bridgehead atoms. The van der Waals surface area contributed by atoms with Gasteiger partial charge in [0, 0.05) is 34.9 Å². The molecule has 8 heteroatoms. The van der Waals surface area contributed by atoms with Crippen molar-refractivity contribution >= 4 is 28.0 Å². The summed E-state index contributed by atoms with van der Waals surface area (Å²) in [5.74, 6) is -1.15. The lowest BCUT2D eigenvalue weighted by molar-refractivity contribution is -0.142. The van der Waals surface area contributed by atoms with E-state index in [1.165, 1.54) is 12.1 Å². The molecule has 1 saturated carbocycles. The Morgan fingerprint density at radius 1 is 1.24 bits per heavy atom. The van der Waals surface area contributed by atoms with Crippen molar-refractivity contribution in [1.29, 1.82) is 0 Å². The molecule has 0 saturated heterocycles. The highest BCUT2D eigenvalue weighted by Gasteiger charge is 2.37. The largest absolute Gasteiger partial charge is 0.481 e. The van der Waals surface area contributed by atoms with E-state index in [9.17, 15) is 14.3 Å². The molecule has 1 aliphatic rings. The summed E-state index contributed by atoms with van der Waals surface area (Å²) in [7, 11) is 1.69. The third-order valence-corrected chi connectivity index (χ3v) is 7.10. The van der Waals surface area contributed by atoms with Gasteiger partial charge in [0.15, 0.2) is 5.65 Å². The van der Waals surface area contributed by atoms with Gasteiger partial charge in [-0.25, -0.2) is 9.37 Å². The first-order valence-electron chi connectivity index (χ1n) is 11.7. The van der Waals surface area contributed by atoms with E-state index in [2.05, 4.69) is 34.7 Å². The van der Waals surface area contributed by atoms with Crippen LogP contribution in [-0.4, -0.2) is 44.5 Å². The van der Waals surface area contributed by atoms with Crippen LogP contribution >= 0.6 is 0 Å². The number of hydrogen-bond donors (Lipinski definition) is 2. The van der Waals surface area contributed by atoms with Crippen molar-refractivity contribution in [1.82, 2.24) is 19.7 Å². The second kappa shape index (κ2) is 8.51. The van der Waals surface area contributed by atoms with E-state index in [1.54, 1.807) is 25.4 Å². The Morgan fingerprint density at radius 3 is 2.59 bits per heavy atom. The van der Waals surface area contributed by atoms with E-state index < -0.39 is 5.97 Å². The van der Waals surface area contributed by atoms with E-state index in [4.69, 9.17) is 9.72 Å². The number of carbonyl (C=O) groups is 1. The molecule has 0 amide bonds. The average Bonchev–Trinajstić information content (AvgIpc) is 3.40. The number of benzene rings is 1. The number of ether oxygens (including phenoxy) is 1. The van der Waals surface area contributed by atoms with Crippen molar-refractivity contribution in [2.24, 2.45) is 5.92 Å². The van der Waals surface area contributed by atoms with Crippen molar-refractivity contribution in [3.8, 4) is 5.69 Å². The smallest absolute Gasteiger partial charge is 0.306 e. The lowest BCUT2D eigenvalue weighted by Crippen LogP contribution is -2.29. The van der Waals surface area contributed by atoms with Gasteiger partial charge in [-0.3, -0.25) is 9.89 Å². The van der Waals surface area contributed by atoms with Gasteiger partial charge in [0.2, 0.25) is 0 Å². The first-order chi connectivity index (χ1) is 16.3. The van der Waals surface area contributed by atoms with Crippen LogP contribution in [-0.2, 0) is 14.9 Å². The first-order valence-corrected chi connectivity index (χ1v) is 11.7. The van der Waals surface area contributed by atoms with Gasteiger partial charge in [-0.15, -0.1) is 0 Å². The molecule has 178 valence electrons. The normalized spacial score (nSPS) is 19.2. The minimum atomic E-state index is -0.718. The maximum absolute atomic E-state index is 13.8. The third-order valence-electron chi connectivity index (χ3n) is 7.10. The summed E-state index contributed by atoms with van der Waals surface area (Å²) in [6.45, 7) is 4.77. The number of hydrogen-bond acceptors (Lipinski definition) is 4. The Balaban J connectivity index is 1.81. The van der Waals surface area contributed by atoms with Gasteiger partial charge in [0.25, 0.3) is 0 Å². The van der Waals surface area contributed by atoms with E-state index >= 15 is 0 Å². The number of nitrogens with zero attached hydrogens (tertiary/aromatic N) is 3. The van der Waals surface area contributed by atoms with Crippen LogP contribution < -0.4 is 0 Å². The van der Waals surface area contributed by atoms with Crippen LogP contribution in [0, 0.1) is 11.7 Å². The zero-order valence-corrected chi connectivity index (χ0v) is 19.6.